The zero-order chi connectivity index (χ0) is 20.4. The Bertz CT molecular complexity index is 753. The molecular weight excluding hydrogens is 375 g/mol. The van der Waals surface area contributed by atoms with Gasteiger partial charge in [-0.15, -0.1) is 0 Å². The van der Waals surface area contributed by atoms with Crippen molar-refractivity contribution in [3.05, 3.63) is 71.5 Å². The summed E-state index contributed by atoms with van der Waals surface area (Å²) in [4.78, 5) is 26.8. The van der Waals surface area contributed by atoms with Crippen LogP contribution in [0.5, 0.6) is 0 Å². The van der Waals surface area contributed by atoms with Crippen LogP contribution in [0.4, 0.5) is 4.39 Å². The summed E-state index contributed by atoms with van der Waals surface area (Å²) in [5.41, 5.74) is 2.02. The number of likely N-dealkylation sites (N-methyl/N-ethyl adjacent to an activating group) is 1. The van der Waals surface area contributed by atoms with E-state index in [-0.39, 0.29) is 24.2 Å². The van der Waals surface area contributed by atoms with Crippen molar-refractivity contribution in [2.45, 2.75) is 38.1 Å². The minimum Gasteiger partial charge on any atom is -0.357 e. The maximum absolute atomic E-state index is 13.2. The highest BCUT2D eigenvalue weighted by Gasteiger charge is 2.27. The third-order valence-electron chi connectivity index (χ3n) is 4.47. The second kappa shape index (κ2) is 11.5. The van der Waals surface area contributed by atoms with E-state index in [1.165, 1.54) is 17.7 Å². The van der Waals surface area contributed by atoms with E-state index in [4.69, 9.17) is 0 Å². The van der Waals surface area contributed by atoms with Gasteiger partial charge in [0.05, 0.1) is 0 Å². The fourth-order valence-corrected chi connectivity index (χ4v) is 3.83. The van der Waals surface area contributed by atoms with Crippen LogP contribution in [0, 0.1) is 5.82 Å². The zero-order valence-electron chi connectivity index (χ0n) is 16.4. The molecule has 0 saturated carbocycles. The van der Waals surface area contributed by atoms with Gasteiger partial charge < -0.3 is 10.2 Å². The van der Waals surface area contributed by atoms with Crippen LogP contribution < -0.4 is 5.32 Å². The van der Waals surface area contributed by atoms with Crippen molar-refractivity contribution in [1.29, 1.82) is 0 Å². The van der Waals surface area contributed by atoms with Crippen LogP contribution in [-0.4, -0.2) is 35.6 Å². The predicted octanol–water partition coefficient (Wildman–Crippen LogP) is 4.00. The Morgan fingerprint density at radius 2 is 1.75 bits per heavy atom. The predicted molar refractivity (Wildman–Crippen MR) is 112 cm³/mol. The van der Waals surface area contributed by atoms with Crippen LogP contribution >= 0.6 is 11.8 Å². The van der Waals surface area contributed by atoms with Crippen molar-refractivity contribution in [2.24, 2.45) is 0 Å². The quantitative estimate of drug-likeness (QED) is 0.611. The topological polar surface area (TPSA) is 49.4 Å². The number of carbonyl (C=O) groups is 2. The summed E-state index contributed by atoms with van der Waals surface area (Å²) in [6, 6.07) is 15.6. The molecule has 0 bridgehead atoms. The third kappa shape index (κ3) is 6.68. The van der Waals surface area contributed by atoms with Gasteiger partial charge in [0.1, 0.15) is 11.9 Å². The summed E-state index contributed by atoms with van der Waals surface area (Å²) in [5, 5.41) is 2.64. The number of nitrogens with one attached hydrogen (secondary N) is 1. The molecule has 0 aromatic heterocycles. The first-order valence-corrected chi connectivity index (χ1v) is 10.6. The van der Waals surface area contributed by atoms with Gasteiger partial charge in [-0.1, -0.05) is 49.4 Å². The smallest absolute Gasteiger partial charge is 0.242 e. The zero-order valence-corrected chi connectivity index (χ0v) is 17.2. The average molecular weight is 403 g/mol. The standard InChI is InChI=1S/C22H27FN2O2S/c1-3-20(22(27)24-2)25(15-17-9-11-19(23)12-10-17)21(26)13-14-28-16-18-7-5-4-6-8-18/h4-12,20H,3,13-16H2,1-2H3,(H,24,27). The molecule has 150 valence electrons. The maximum Gasteiger partial charge on any atom is 0.242 e. The van der Waals surface area contributed by atoms with Gasteiger partial charge in [-0.05, 0) is 29.7 Å². The summed E-state index contributed by atoms with van der Waals surface area (Å²) in [6.45, 7) is 2.17. The average Bonchev–Trinajstić information content (AvgIpc) is 2.72. The lowest BCUT2D eigenvalue weighted by Crippen LogP contribution is -2.48. The fourth-order valence-electron chi connectivity index (χ4n) is 2.94. The first kappa shape index (κ1) is 22.0. The monoisotopic (exact) mass is 402 g/mol. The lowest BCUT2D eigenvalue weighted by atomic mass is 10.1. The van der Waals surface area contributed by atoms with Crippen molar-refractivity contribution in [2.75, 3.05) is 12.8 Å². The Morgan fingerprint density at radius 3 is 2.36 bits per heavy atom. The molecule has 28 heavy (non-hydrogen) atoms. The Kier molecular flexibility index (Phi) is 9.01. The highest BCUT2D eigenvalue weighted by molar-refractivity contribution is 7.98. The summed E-state index contributed by atoms with van der Waals surface area (Å²) < 4.78 is 13.2. The van der Waals surface area contributed by atoms with E-state index >= 15 is 0 Å². The van der Waals surface area contributed by atoms with E-state index in [2.05, 4.69) is 17.4 Å². The number of hydrogen-bond donors (Lipinski definition) is 1. The first-order valence-electron chi connectivity index (χ1n) is 9.42. The largest absolute Gasteiger partial charge is 0.357 e. The van der Waals surface area contributed by atoms with E-state index in [9.17, 15) is 14.0 Å². The summed E-state index contributed by atoms with van der Waals surface area (Å²) in [5.74, 6) is 0.948. The second-order valence-corrected chi connectivity index (χ2v) is 7.58. The van der Waals surface area contributed by atoms with Crippen molar-refractivity contribution < 1.29 is 14.0 Å². The first-order chi connectivity index (χ1) is 13.5. The van der Waals surface area contributed by atoms with Crippen LogP contribution in [0.25, 0.3) is 0 Å². The third-order valence-corrected chi connectivity index (χ3v) is 5.50. The minimum absolute atomic E-state index is 0.0691. The van der Waals surface area contributed by atoms with Crippen molar-refractivity contribution in [3.8, 4) is 0 Å². The summed E-state index contributed by atoms with van der Waals surface area (Å²) >= 11 is 1.70. The molecule has 0 radical (unpaired) electrons. The molecule has 0 saturated heterocycles. The molecule has 0 aliphatic heterocycles. The van der Waals surface area contributed by atoms with Gasteiger partial charge in [0.25, 0.3) is 0 Å². The Morgan fingerprint density at radius 1 is 1.07 bits per heavy atom. The molecule has 1 unspecified atom stereocenters. The van der Waals surface area contributed by atoms with Crippen molar-refractivity contribution in [3.63, 3.8) is 0 Å². The molecule has 2 amide bonds. The number of thioether (sulfide) groups is 1. The van der Waals surface area contributed by atoms with Crippen LogP contribution in [0.15, 0.2) is 54.6 Å². The molecular formula is C22H27FN2O2S. The number of halogens is 1. The molecule has 0 spiro atoms. The SMILES string of the molecule is CCC(C(=O)NC)N(Cc1ccc(F)cc1)C(=O)CCSCc1ccccc1. The number of amides is 2. The molecule has 4 nitrogen and oxygen atoms in total. The van der Waals surface area contributed by atoms with Crippen LogP contribution in [0.1, 0.15) is 30.9 Å². The Labute approximate surface area is 170 Å². The van der Waals surface area contributed by atoms with Crippen molar-refractivity contribution >= 4 is 23.6 Å². The lowest BCUT2D eigenvalue weighted by molar-refractivity contribution is -0.140. The van der Waals surface area contributed by atoms with Crippen LogP contribution in [-0.2, 0) is 21.9 Å². The number of rotatable bonds is 10. The molecule has 1 N–H and O–H groups in total. The molecule has 0 aliphatic carbocycles. The number of carbonyl (C=O) groups excluding carboxylic acids is 2. The Hall–Kier alpha value is -2.34. The summed E-state index contributed by atoms with van der Waals surface area (Å²) in [7, 11) is 1.57. The molecule has 0 heterocycles. The minimum atomic E-state index is -0.540. The highest BCUT2D eigenvalue weighted by atomic mass is 32.2. The molecule has 1 atom stereocenters. The van der Waals surface area contributed by atoms with Crippen LogP contribution in [0.3, 0.4) is 0 Å². The van der Waals surface area contributed by atoms with Gasteiger partial charge in [-0.2, -0.15) is 11.8 Å². The number of nitrogens with zero attached hydrogens (tertiary/aromatic N) is 1. The van der Waals surface area contributed by atoms with E-state index in [0.717, 1.165) is 11.3 Å². The van der Waals surface area contributed by atoms with Gasteiger partial charge in [0.2, 0.25) is 11.8 Å². The summed E-state index contributed by atoms with van der Waals surface area (Å²) in [6.07, 6.45) is 0.871. The maximum atomic E-state index is 13.2. The molecule has 0 fully saturated rings. The molecule has 2 rings (SSSR count). The van der Waals surface area contributed by atoms with Gasteiger partial charge in [-0.3, -0.25) is 9.59 Å². The highest BCUT2D eigenvalue weighted by Crippen LogP contribution is 2.17. The van der Waals surface area contributed by atoms with E-state index < -0.39 is 6.04 Å². The fraction of sp³-hybridized carbons (Fsp3) is 0.364. The van der Waals surface area contributed by atoms with Gasteiger partial charge in [-0.25, -0.2) is 4.39 Å². The molecule has 2 aromatic carbocycles. The molecule has 2 aromatic rings. The van der Waals surface area contributed by atoms with Crippen LogP contribution in [0.2, 0.25) is 0 Å². The van der Waals surface area contributed by atoms with Gasteiger partial charge in [0, 0.05) is 31.5 Å². The normalized spacial score (nSPS) is 11.7. The molecule has 0 aliphatic rings. The van der Waals surface area contributed by atoms with Gasteiger partial charge >= 0.3 is 0 Å². The lowest BCUT2D eigenvalue weighted by Gasteiger charge is -2.30. The second-order valence-electron chi connectivity index (χ2n) is 6.47. The van der Waals surface area contributed by atoms with E-state index in [1.54, 1.807) is 35.8 Å². The molecule has 6 heteroatoms. The van der Waals surface area contributed by atoms with E-state index in [1.807, 2.05) is 25.1 Å². The van der Waals surface area contributed by atoms with Gasteiger partial charge in [0.15, 0.2) is 0 Å². The number of hydrogen-bond acceptors (Lipinski definition) is 3. The van der Waals surface area contributed by atoms with E-state index in [0.29, 0.717) is 18.6 Å². The Balaban J connectivity index is 2.00. The number of benzene rings is 2. The van der Waals surface area contributed by atoms with Crippen molar-refractivity contribution in [1.82, 2.24) is 10.2 Å².